The third kappa shape index (κ3) is 4.57. The Morgan fingerprint density at radius 2 is 1.61 bits per heavy atom. The lowest BCUT2D eigenvalue weighted by Crippen LogP contribution is -2.20. The van der Waals surface area contributed by atoms with Crippen LogP contribution in [-0.2, 0) is 0 Å². The second kappa shape index (κ2) is 7.79. The molecule has 2 aromatic rings. The Kier molecular flexibility index (Phi) is 5.77. The Morgan fingerprint density at radius 1 is 1.04 bits per heavy atom. The van der Waals surface area contributed by atoms with Gasteiger partial charge in [-0.3, -0.25) is 4.79 Å². The van der Waals surface area contributed by atoms with E-state index in [0.29, 0.717) is 17.0 Å². The second-order valence-electron chi connectivity index (χ2n) is 5.30. The molecule has 0 spiro atoms. The average molecular weight is 330 g/mol. The van der Waals surface area contributed by atoms with Gasteiger partial charge in [0.05, 0.1) is 5.71 Å². The first-order chi connectivity index (χ1) is 11.0. The zero-order valence-electron chi connectivity index (χ0n) is 13.5. The van der Waals surface area contributed by atoms with Gasteiger partial charge >= 0.3 is 0 Å². The minimum atomic E-state index is -0.227. The van der Waals surface area contributed by atoms with E-state index in [2.05, 4.69) is 10.5 Å². The van der Waals surface area contributed by atoms with Gasteiger partial charge < -0.3 is 4.90 Å². The summed E-state index contributed by atoms with van der Waals surface area (Å²) in [5.41, 5.74) is 5.98. The van der Waals surface area contributed by atoms with Crippen LogP contribution in [0.5, 0.6) is 0 Å². The fourth-order valence-corrected chi connectivity index (χ4v) is 2.21. The van der Waals surface area contributed by atoms with Crippen LogP contribution in [0.2, 0.25) is 5.02 Å². The van der Waals surface area contributed by atoms with E-state index in [1.54, 1.807) is 12.1 Å². The maximum absolute atomic E-state index is 12.2. The molecule has 0 radical (unpaired) electrons. The van der Waals surface area contributed by atoms with Gasteiger partial charge in [-0.2, -0.15) is 5.10 Å². The minimum Gasteiger partial charge on any atom is -0.378 e. The Balaban J connectivity index is 2.10. The highest BCUT2D eigenvalue weighted by Gasteiger charge is 2.07. The van der Waals surface area contributed by atoms with Crippen LogP contribution in [0.1, 0.15) is 29.3 Å². The van der Waals surface area contributed by atoms with Crippen LogP contribution in [0.3, 0.4) is 0 Å². The van der Waals surface area contributed by atoms with E-state index in [9.17, 15) is 4.79 Å². The summed E-state index contributed by atoms with van der Waals surface area (Å²) in [4.78, 5) is 14.2. The number of amides is 1. The number of carbonyl (C=O) groups excluding carboxylic acids is 1. The van der Waals surface area contributed by atoms with E-state index in [4.69, 9.17) is 11.6 Å². The van der Waals surface area contributed by atoms with Crippen molar-refractivity contribution in [2.45, 2.75) is 13.3 Å². The molecule has 0 atom stereocenters. The number of anilines is 1. The number of nitrogens with one attached hydrogen (secondary N) is 1. The monoisotopic (exact) mass is 329 g/mol. The van der Waals surface area contributed by atoms with Crippen molar-refractivity contribution in [2.75, 3.05) is 19.0 Å². The molecule has 0 unspecified atom stereocenters. The lowest BCUT2D eigenvalue weighted by Gasteiger charge is -2.12. The predicted octanol–water partition coefficient (Wildman–Crippen LogP) is 3.95. The topological polar surface area (TPSA) is 44.7 Å². The van der Waals surface area contributed by atoms with Crippen molar-refractivity contribution in [3.05, 3.63) is 64.7 Å². The summed E-state index contributed by atoms with van der Waals surface area (Å²) in [5, 5.41) is 4.91. The Morgan fingerprint density at radius 3 is 2.13 bits per heavy atom. The van der Waals surface area contributed by atoms with Crippen molar-refractivity contribution in [1.29, 1.82) is 0 Å². The van der Waals surface area contributed by atoms with Crippen molar-refractivity contribution in [2.24, 2.45) is 5.10 Å². The first-order valence-corrected chi connectivity index (χ1v) is 7.79. The fraction of sp³-hybridized carbons (Fsp3) is 0.222. The molecule has 0 aromatic heterocycles. The molecule has 0 aliphatic rings. The first-order valence-electron chi connectivity index (χ1n) is 7.41. The van der Waals surface area contributed by atoms with Gasteiger partial charge in [-0.1, -0.05) is 30.7 Å². The van der Waals surface area contributed by atoms with Gasteiger partial charge in [0, 0.05) is 30.4 Å². The molecule has 1 N–H and O–H groups in total. The lowest BCUT2D eigenvalue weighted by molar-refractivity contribution is 0.0955. The summed E-state index contributed by atoms with van der Waals surface area (Å²) in [5.74, 6) is -0.227. The maximum Gasteiger partial charge on any atom is 0.271 e. The van der Waals surface area contributed by atoms with Gasteiger partial charge in [0.15, 0.2) is 0 Å². The zero-order chi connectivity index (χ0) is 16.8. The molecule has 5 heteroatoms. The normalized spacial score (nSPS) is 11.2. The van der Waals surface area contributed by atoms with Gasteiger partial charge in [-0.25, -0.2) is 5.43 Å². The number of hydrogen-bond acceptors (Lipinski definition) is 3. The van der Waals surface area contributed by atoms with E-state index >= 15 is 0 Å². The first kappa shape index (κ1) is 17.0. The smallest absolute Gasteiger partial charge is 0.271 e. The largest absolute Gasteiger partial charge is 0.378 e. The number of hydrogen-bond donors (Lipinski definition) is 1. The van der Waals surface area contributed by atoms with Gasteiger partial charge in [0.25, 0.3) is 5.91 Å². The molecular formula is C18H20ClN3O. The van der Waals surface area contributed by atoms with Crippen LogP contribution in [0, 0.1) is 0 Å². The maximum atomic E-state index is 12.2. The van der Waals surface area contributed by atoms with Crippen LogP contribution < -0.4 is 10.3 Å². The molecule has 2 aromatic carbocycles. The summed E-state index contributed by atoms with van der Waals surface area (Å²) in [6.45, 7) is 1.99. The summed E-state index contributed by atoms with van der Waals surface area (Å²) < 4.78 is 0. The molecule has 0 fully saturated rings. The SMILES string of the molecule is CC/C(=N\NC(=O)c1ccc(N(C)C)cc1)c1ccc(Cl)cc1. The van der Waals surface area contributed by atoms with E-state index in [1.807, 2.05) is 62.3 Å². The van der Waals surface area contributed by atoms with Gasteiger partial charge in [-0.05, 0) is 48.4 Å². The Hall–Kier alpha value is -2.33. The molecule has 0 heterocycles. The van der Waals surface area contributed by atoms with Crippen molar-refractivity contribution in [3.63, 3.8) is 0 Å². The molecule has 1 amide bonds. The van der Waals surface area contributed by atoms with Gasteiger partial charge in [0.1, 0.15) is 0 Å². The molecule has 2 rings (SSSR count). The van der Waals surface area contributed by atoms with E-state index in [0.717, 1.165) is 17.0 Å². The van der Waals surface area contributed by atoms with Crippen LogP contribution >= 0.6 is 11.6 Å². The average Bonchev–Trinajstić information content (AvgIpc) is 2.56. The van der Waals surface area contributed by atoms with E-state index in [1.165, 1.54) is 0 Å². The molecule has 0 bridgehead atoms. The van der Waals surface area contributed by atoms with Crippen molar-refractivity contribution >= 4 is 28.9 Å². The summed E-state index contributed by atoms with van der Waals surface area (Å²) in [7, 11) is 3.91. The van der Waals surface area contributed by atoms with Gasteiger partial charge in [-0.15, -0.1) is 0 Å². The Labute approximate surface area is 141 Å². The van der Waals surface area contributed by atoms with Crippen LogP contribution in [0.25, 0.3) is 0 Å². The standard InChI is InChI=1S/C18H20ClN3O/c1-4-17(13-5-9-15(19)10-6-13)20-21-18(23)14-7-11-16(12-8-14)22(2)3/h5-12H,4H2,1-3H3,(H,21,23)/b20-17+. The van der Waals surface area contributed by atoms with Crippen LogP contribution in [-0.4, -0.2) is 25.7 Å². The highest BCUT2D eigenvalue weighted by Crippen LogP contribution is 2.13. The molecular weight excluding hydrogens is 310 g/mol. The Bertz CT molecular complexity index is 691. The molecule has 120 valence electrons. The van der Waals surface area contributed by atoms with Crippen LogP contribution in [0.4, 0.5) is 5.69 Å². The van der Waals surface area contributed by atoms with E-state index < -0.39 is 0 Å². The predicted molar refractivity (Wildman–Crippen MR) is 96.5 cm³/mol. The number of benzene rings is 2. The summed E-state index contributed by atoms with van der Waals surface area (Å²) in [6.07, 6.45) is 0.710. The third-order valence-corrected chi connectivity index (χ3v) is 3.70. The van der Waals surface area contributed by atoms with Crippen molar-refractivity contribution in [1.82, 2.24) is 5.43 Å². The molecule has 0 saturated carbocycles. The molecule has 0 aliphatic carbocycles. The summed E-state index contributed by atoms with van der Waals surface area (Å²) >= 11 is 5.89. The molecule has 0 saturated heterocycles. The highest BCUT2D eigenvalue weighted by molar-refractivity contribution is 6.30. The highest BCUT2D eigenvalue weighted by atomic mass is 35.5. The quantitative estimate of drug-likeness (QED) is 0.667. The van der Waals surface area contributed by atoms with Crippen molar-refractivity contribution in [3.8, 4) is 0 Å². The zero-order valence-corrected chi connectivity index (χ0v) is 14.3. The lowest BCUT2D eigenvalue weighted by atomic mass is 10.1. The molecule has 4 nitrogen and oxygen atoms in total. The fourth-order valence-electron chi connectivity index (χ4n) is 2.08. The van der Waals surface area contributed by atoms with Gasteiger partial charge in [0.2, 0.25) is 0 Å². The second-order valence-corrected chi connectivity index (χ2v) is 5.74. The molecule has 0 aliphatic heterocycles. The number of nitrogens with zero attached hydrogens (tertiary/aromatic N) is 2. The third-order valence-electron chi connectivity index (χ3n) is 3.45. The summed E-state index contributed by atoms with van der Waals surface area (Å²) in [6, 6.07) is 14.8. The van der Waals surface area contributed by atoms with Crippen molar-refractivity contribution < 1.29 is 4.79 Å². The number of rotatable bonds is 5. The number of halogens is 1. The van der Waals surface area contributed by atoms with Crippen LogP contribution in [0.15, 0.2) is 53.6 Å². The minimum absolute atomic E-state index is 0.227. The number of carbonyl (C=O) groups is 1. The molecule has 23 heavy (non-hydrogen) atoms. The van der Waals surface area contributed by atoms with E-state index in [-0.39, 0.29) is 5.91 Å². The number of hydrazone groups is 1.